The van der Waals surface area contributed by atoms with Crippen LogP contribution in [-0.4, -0.2) is 41.2 Å². The van der Waals surface area contributed by atoms with Gasteiger partial charge in [-0.1, -0.05) is 30.7 Å². The predicted molar refractivity (Wildman–Crippen MR) is 86.2 cm³/mol. The van der Waals surface area contributed by atoms with E-state index in [1.54, 1.807) is 12.1 Å². The number of nitrogens with zero attached hydrogens (tertiary/aromatic N) is 2. The van der Waals surface area contributed by atoms with Gasteiger partial charge in [-0.05, 0) is 37.0 Å². The number of imide groups is 1. The minimum absolute atomic E-state index is 0.154. The summed E-state index contributed by atoms with van der Waals surface area (Å²) in [6.07, 6.45) is 2.89. The van der Waals surface area contributed by atoms with Crippen molar-refractivity contribution in [2.45, 2.75) is 26.2 Å². The van der Waals surface area contributed by atoms with Crippen LogP contribution in [-0.2, 0) is 9.59 Å². The van der Waals surface area contributed by atoms with Crippen molar-refractivity contribution in [1.82, 2.24) is 9.80 Å². The van der Waals surface area contributed by atoms with E-state index in [1.165, 1.54) is 4.90 Å². The van der Waals surface area contributed by atoms with Gasteiger partial charge < -0.3 is 4.90 Å². The number of carbonyl (C=O) groups excluding carboxylic acids is 2. The Balaban J connectivity index is 2.07. The quantitative estimate of drug-likeness (QED) is 0.801. The summed E-state index contributed by atoms with van der Waals surface area (Å²) in [5.74, 6) is -0.338. The normalized spacial score (nSPS) is 18.8. The van der Waals surface area contributed by atoms with Gasteiger partial charge in [0, 0.05) is 24.7 Å². The van der Waals surface area contributed by atoms with Gasteiger partial charge in [0.25, 0.3) is 11.8 Å². The molecule has 2 amide bonds. The fraction of sp³-hybridized carbons (Fsp3) is 0.412. The molecule has 0 aliphatic carbocycles. The average molecular weight is 319 g/mol. The van der Waals surface area contributed by atoms with Gasteiger partial charge in [-0.25, -0.2) is 0 Å². The summed E-state index contributed by atoms with van der Waals surface area (Å²) in [6, 6.07) is 7.14. The first-order chi connectivity index (χ1) is 10.6. The van der Waals surface area contributed by atoms with Gasteiger partial charge in [0.15, 0.2) is 0 Å². The Morgan fingerprint density at radius 1 is 1.05 bits per heavy atom. The van der Waals surface area contributed by atoms with E-state index in [-0.39, 0.29) is 11.8 Å². The van der Waals surface area contributed by atoms with Crippen LogP contribution in [0.1, 0.15) is 31.7 Å². The molecule has 3 rings (SSSR count). The third-order valence-electron chi connectivity index (χ3n) is 4.15. The van der Waals surface area contributed by atoms with Crippen molar-refractivity contribution in [3.05, 3.63) is 40.5 Å². The maximum Gasteiger partial charge on any atom is 0.277 e. The van der Waals surface area contributed by atoms with Crippen molar-refractivity contribution in [2.24, 2.45) is 0 Å². The average Bonchev–Trinajstić information content (AvgIpc) is 3.10. The molecule has 0 unspecified atom stereocenters. The van der Waals surface area contributed by atoms with Crippen molar-refractivity contribution in [3.8, 4) is 0 Å². The Labute approximate surface area is 135 Å². The van der Waals surface area contributed by atoms with Gasteiger partial charge in [0.2, 0.25) is 0 Å². The van der Waals surface area contributed by atoms with Gasteiger partial charge in [-0.3, -0.25) is 14.5 Å². The molecule has 1 saturated heterocycles. The van der Waals surface area contributed by atoms with Crippen molar-refractivity contribution in [1.29, 1.82) is 0 Å². The molecule has 2 aliphatic heterocycles. The van der Waals surface area contributed by atoms with Crippen LogP contribution in [0.25, 0.3) is 5.57 Å². The largest absolute Gasteiger partial charge is 0.366 e. The van der Waals surface area contributed by atoms with Crippen LogP contribution in [0.15, 0.2) is 30.0 Å². The zero-order chi connectivity index (χ0) is 15.7. The van der Waals surface area contributed by atoms with Crippen molar-refractivity contribution < 1.29 is 9.59 Å². The Morgan fingerprint density at radius 2 is 1.68 bits per heavy atom. The lowest BCUT2D eigenvalue weighted by molar-refractivity contribution is -0.137. The Bertz CT molecular complexity index is 631. The monoisotopic (exact) mass is 318 g/mol. The van der Waals surface area contributed by atoms with Crippen molar-refractivity contribution in [2.75, 3.05) is 19.6 Å². The van der Waals surface area contributed by atoms with Crippen LogP contribution >= 0.6 is 11.6 Å². The molecule has 4 nitrogen and oxygen atoms in total. The lowest BCUT2D eigenvalue weighted by atomic mass is 10.0. The SMILES string of the molecule is CCCN1C(=O)C(c2ccc(Cl)cc2)=C(N2CCCC2)C1=O. The van der Waals surface area contributed by atoms with E-state index in [1.807, 2.05) is 19.1 Å². The summed E-state index contributed by atoms with van der Waals surface area (Å²) < 4.78 is 0. The van der Waals surface area contributed by atoms with E-state index in [9.17, 15) is 9.59 Å². The number of likely N-dealkylation sites (tertiary alicyclic amines) is 1. The van der Waals surface area contributed by atoms with E-state index in [4.69, 9.17) is 11.6 Å². The smallest absolute Gasteiger partial charge is 0.277 e. The molecule has 22 heavy (non-hydrogen) atoms. The summed E-state index contributed by atoms with van der Waals surface area (Å²) in [7, 11) is 0. The van der Waals surface area contributed by atoms with E-state index >= 15 is 0 Å². The van der Waals surface area contributed by atoms with Crippen LogP contribution in [0.2, 0.25) is 5.02 Å². The molecule has 0 spiro atoms. The Hall–Kier alpha value is -1.81. The number of amides is 2. The number of benzene rings is 1. The maximum atomic E-state index is 12.7. The first kappa shape index (κ1) is 15.1. The summed E-state index contributed by atoms with van der Waals surface area (Å²) in [4.78, 5) is 28.9. The third-order valence-corrected chi connectivity index (χ3v) is 4.40. The molecule has 2 heterocycles. The van der Waals surface area contributed by atoms with Gasteiger partial charge in [-0.15, -0.1) is 0 Å². The molecule has 0 aromatic heterocycles. The van der Waals surface area contributed by atoms with Crippen molar-refractivity contribution >= 4 is 29.0 Å². The minimum Gasteiger partial charge on any atom is -0.366 e. The molecule has 5 heteroatoms. The second-order valence-corrected chi connectivity index (χ2v) is 6.12. The Morgan fingerprint density at radius 3 is 2.27 bits per heavy atom. The van der Waals surface area contributed by atoms with Gasteiger partial charge >= 0.3 is 0 Å². The fourth-order valence-electron chi connectivity index (χ4n) is 3.10. The van der Waals surface area contributed by atoms with E-state index in [0.717, 1.165) is 37.9 Å². The van der Waals surface area contributed by atoms with Crippen LogP contribution in [0.5, 0.6) is 0 Å². The summed E-state index contributed by atoms with van der Waals surface area (Å²) >= 11 is 5.94. The van der Waals surface area contributed by atoms with E-state index < -0.39 is 0 Å². The van der Waals surface area contributed by atoms with Crippen LogP contribution in [0, 0.1) is 0 Å². The van der Waals surface area contributed by atoms with Crippen LogP contribution < -0.4 is 0 Å². The van der Waals surface area contributed by atoms with Gasteiger partial charge in [0.05, 0.1) is 5.57 Å². The highest BCUT2D eigenvalue weighted by Crippen LogP contribution is 2.33. The molecule has 1 fully saturated rings. The zero-order valence-corrected chi connectivity index (χ0v) is 13.4. The second-order valence-electron chi connectivity index (χ2n) is 5.69. The molecule has 0 radical (unpaired) electrons. The number of carbonyl (C=O) groups is 2. The fourth-order valence-corrected chi connectivity index (χ4v) is 3.23. The molecule has 0 bridgehead atoms. The zero-order valence-electron chi connectivity index (χ0n) is 12.6. The summed E-state index contributed by atoms with van der Waals surface area (Å²) in [5, 5.41) is 0.620. The lowest BCUT2D eigenvalue weighted by Gasteiger charge is -2.19. The van der Waals surface area contributed by atoms with Crippen LogP contribution in [0.3, 0.4) is 0 Å². The topological polar surface area (TPSA) is 40.6 Å². The molecular weight excluding hydrogens is 300 g/mol. The molecule has 2 aliphatic rings. The van der Waals surface area contributed by atoms with Gasteiger partial charge in [0.1, 0.15) is 5.70 Å². The molecule has 1 aromatic rings. The number of halogens is 1. The summed E-state index contributed by atoms with van der Waals surface area (Å²) in [6.45, 7) is 4.11. The van der Waals surface area contributed by atoms with Crippen molar-refractivity contribution in [3.63, 3.8) is 0 Å². The number of hydrogen-bond acceptors (Lipinski definition) is 3. The van der Waals surface area contributed by atoms with E-state index in [2.05, 4.69) is 4.90 Å². The van der Waals surface area contributed by atoms with Gasteiger partial charge in [-0.2, -0.15) is 0 Å². The highest BCUT2D eigenvalue weighted by atomic mass is 35.5. The Kier molecular flexibility index (Phi) is 4.21. The van der Waals surface area contributed by atoms with E-state index in [0.29, 0.717) is 22.8 Å². The molecule has 1 aromatic carbocycles. The lowest BCUT2D eigenvalue weighted by Crippen LogP contribution is -2.35. The number of rotatable bonds is 4. The standard InChI is InChI=1S/C17H19ClN2O2/c1-2-9-20-16(21)14(12-5-7-13(18)8-6-12)15(17(20)22)19-10-3-4-11-19/h5-8H,2-4,9-11H2,1H3. The molecule has 0 saturated carbocycles. The summed E-state index contributed by atoms with van der Waals surface area (Å²) in [5.41, 5.74) is 1.86. The highest BCUT2D eigenvalue weighted by molar-refractivity contribution is 6.36. The first-order valence-corrected chi connectivity index (χ1v) is 8.12. The third kappa shape index (κ3) is 2.52. The molecular formula is C17H19ClN2O2. The number of hydrogen-bond donors (Lipinski definition) is 0. The molecule has 116 valence electrons. The van der Waals surface area contributed by atoms with Crippen LogP contribution in [0.4, 0.5) is 0 Å². The maximum absolute atomic E-state index is 12.7. The highest BCUT2D eigenvalue weighted by Gasteiger charge is 2.41. The first-order valence-electron chi connectivity index (χ1n) is 7.75. The molecule has 0 atom stereocenters. The minimum atomic E-state index is -0.184. The predicted octanol–water partition coefficient (Wildman–Crippen LogP) is 2.93. The molecule has 0 N–H and O–H groups in total. The second kappa shape index (κ2) is 6.13.